The molecular weight excluding hydrogens is 413 g/mol. The van der Waals surface area contributed by atoms with Crippen LogP contribution in [0.5, 0.6) is 0 Å². The average Bonchev–Trinajstić information content (AvgIpc) is 2.74. The zero-order chi connectivity index (χ0) is 22.7. The number of rotatable bonds is 19. The molecule has 0 aliphatic heterocycles. The van der Waals surface area contributed by atoms with Crippen molar-refractivity contribution in [1.29, 1.82) is 0 Å². The lowest BCUT2D eigenvalue weighted by atomic mass is 10.2. The minimum absolute atomic E-state index is 0.0464. The molecule has 9 nitrogen and oxygen atoms in total. The fraction of sp³-hybridized carbons (Fsp3) is 0.600. The van der Waals surface area contributed by atoms with Gasteiger partial charge in [0.05, 0.1) is 26.4 Å². The van der Waals surface area contributed by atoms with Crippen molar-refractivity contribution in [2.75, 3.05) is 33.0 Å². The molecule has 0 aromatic carbocycles. The fourth-order valence-corrected chi connectivity index (χ4v) is 3.16. The number of ether oxygens (including phenoxy) is 2. The summed E-state index contributed by atoms with van der Waals surface area (Å²) in [6, 6.07) is -1.27. The van der Waals surface area contributed by atoms with Gasteiger partial charge in [-0.05, 0) is 6.42 Å². The first-order chi connectivity index (χ1) is 14.4. The SMILES string of the molecule is C=CCOC(=O)N[C@@H](COP(=O)(OCC=C)OCC=C)C(=O)OCCCCCCC. The normalized spacial score (nSPS) is 11.9. The zero-order valence-electron chi connectivity index (χ0n) is 17.7. The van der Waals surface area contributed by atoms with Gasteiger partial charge < -0.3 is 14.8 Å². The van der Waals surface area contributed by atoms with Gasteiger partial charge in [-0.15, -0.1) is 13.2 Å². The first kappa shape index (κ1) is 28.1. The summed E-state index contributed by atoms with van der Waals surface area (Å²) in [5.41, 5.74) is 0. The predicted molar refractivity (Wildman–Crippen MR) is 114 cm³/mol. The lowest BCUT2D eigenvalue weighted by molar-refractivity contribution is -0.147. The molecule has 0 saturated heterocycles. The van der Waals surface area contributed by atoms with Gasteiger partial charge in [-0.1, -0.05) is 57.4 Å². The molecule has 0 saturated carbocycles. The highest BCUT2D eigenvalue weighted by Gasteiger charge is 2.31. The van der Waals surface area contributed by atoms with E-state index in [1.54, 1.807) is 0 Å². The minimum Gasteiger partial charge on any atom is -0.464 e. The molecule has 1 atom stereocenters. The van der Waals surface area contributed by atoms with Gasteiger partial charge in [-0.3, -0.25) is 13.6 Å². The van der Waals surface area contributed by atoms with E-state index in [-0.39, 0.29) is 26.4 Å². The summed E-state index contributed by atoms with van der Waals surface area (Å²) >= 11 is 0. The first-order valence-corrected chi connectivity index (χ1v) is 11.3. The molecular formula is C20H34NO8P. The average molecular weight is 447 g/mol. The lowest BCUT2D eigenvalue weighted by Gasteiger charge is -2.21. The molecule has 0 aliphatic carbocycles. The molecule has 0 unspecified atom stereocenters. The Morgan fingerprint density at radius 1 is 0.900 bits per heavy atom. The molecule has 0 aromatic heterocycles. The van der Waals surface area contributed by atoms with Crippen LogP contribution in [0.4, 0.5) is 4.79 Å². The van der Waals surface area contributed by atoms with Crippen molar-refractivity contribution >= 4 is 19.9 Å². The largest absolute Gasteiger partial charge is 0.475 e. The molecule has 0 bridgehead atoms. The van der Waals surface area contributed by atoms with Crippen LogP contribution in [-0.2, 0) is 32.4 Å². The highest BCUT2D eigenvalue weighted by molar-refractivity contribution is 7.48. The maximum absolute atomic E-state index is 12.6. The lowest BCUT2D eigenvalue weighted by Crippen LogP contribution is -2.45. The number of hydrogen-bond acceptors (Lipinski definition) is 8. The summed E-state index contributed by atoms with van der Waals surface area (Å²) in [5.74, 6) is -0.750. The van der Waals surface area contributed by atoms with Gasteiger partial charge in [0.2, 0.25) is 0 Å². The second-order valence-electron chi connectivity index (χ2n) is 6.08. The number of carbonyl (C=O) groups is 2. The second kappa shape index (κ2) is 17.9. The van der Waals surface area contributed by atoms with Gasteiger partial charge >= 0.3 is 19.9 Å². The zero-order valence-corrected chi connectivity index (χ0v) is 18.6. The number of esters is 1. The molecule has 172 valence electrons. The maximum Gasteiger partial charge on any atom is 0.475 e. The molecule has 0 rings (SSSR count). The van der Waals surface area contributed by atoms with Crippen molar-refractivity contribution in [2.45, 2.75) is 45.1 Å². The Kier molecular flexibility index (Phi) is 16.7. The number of unbranched alkanes of at least 4 members (excludes halogenated alkanes) is 4. The van der Waals surface area contributed by atoms with E-state index in [9.17, 15) is 14.2 Å². The Morgan fingerprint density at radius 2 is 1.50 bits per heavy atom. The van der Waals surface area contributed by atoms with Crippen LogP contribution in [0.15, 0.2) is 38.0 Å². The molecule has 1 N–H and O–H groups in total. The van der Waals surface area contributed by atoms with Gasteiger partial charge in [0.15, 0.2) is 6.04 Å². The Balaban J connectivity index is 4.90. The van der Waals surface area contributed by atoms with Gasteiger partial charge in [0.25, 0.3) is 0 Å². The predicted octanol–water partition coefficient (Wildman–Crippen LogP) is 4.31. The standard InChI is InChI=1S/C20H34NO8P/c1-5-9-10-11-12-16-25-19(22)18(21-20(23)26-13-6-2)17-29-30(24,27-14-7-3)28-15-8-4/h6-8,18H,2-5,9-17H2,1H3,(H,21,23)/t18-/m0/s1. The van der Waals surface area contributed by atoms with E-state index in [4.69, 9.17) is 23.0 Å². The summed E-state index contributed by atoms with van der Waals surface area (Å²) in [6.45, 7) is 11.9. The van der Waals surface area contributed by atoms with Gasteiger partial charge in [0, 0.05) is 0 Å². The molecule has 0 aliphatic rings. The summed E-state index contributed by atoms with van der Waals surface area (Å²) in [6.07, 6.45) is 8.13. The van der Waals surface area contributed by atoms with E-state index < -0.39 is 32.5 Å². The van der Waals surface area contributed by atoms with Crippen LogP contribution in [0.2, 0.25) is 0 Å². The number of hydrogen-bond donors (Lipinski definition) is 1. The maximum atomic E-state index is 12.6. The quantitative estimate of drug-likeness (QED) is 0.135. The van der Waals surface area contributed by atoms with Crippen molar-refractivity contribution in [1.82, 2.24) is 5.32 Å². The summed E-state index contributed by atoms with van der Waals surface area (Å²) in [7, 11) is -4.01. The minimum atomic E-state index is -4.01. The van der Waals surface area contributed by atoms with Crippen LogP contribution in [-0.4, -0.2) is 51.1 Å². The smallest absolute Gasteiger partial charge is 0.464 e. The van der Waals surface area contributed by atoms with Crippen molar-refractivity contribution in [3.8, 4) is 0 Å². The number of alkyl carbamates (subject to hydrolysis) is 1. The van der Waals surface area contributed by atoms with Crippen LogP contribution in [0.1, 0.15) is 39.0 Å². The number of nitrogens with one attached hydrogen (secondary N) is 1. The van der Waals surface area contributed by atoms with E-state index in [0.717, 1.165) is 25.7 Å². The Hall–Kier alpha value is -1.93. The van der Waals surface area contributed by atoms with E-state index >= 15 is 0 Å². The van der Waals surface area contributed by atoms with Crippen molar-refractivity contribution in [3.63, 3.8) is 0 Å². The fourth-order valence-electron chi connectivity index (χ4n) is 2.03. The first-order valence-electron chi connectivity index (χ1n) is 9.88. The molecule has 30 heavy (non-hydrogen) atoms. The molecule has 0 aromatic rings. The number of amides is 1. The molecule has 0 radical (unpaired) electrons. The second-order valence-corrected chi connectivity index (χ2v) is 7.75. The van der Waals surface area contributed by atoms with Crippen LogP contribution in [0.3, 0.4) is 0 Å². The highest BCUT2D eigenvalue weighted by Crippen LogP contribution is 2.49. The molecule has 10 heteroatoms. The third kappa shape index (κ3) is 14.1. The third-order valence-electron chi connectivity index (χ3n) is 3.50. The number of phosphoric acid groups is 1. The van der Waals surface area contributed by atoms with Gasteiger partial charge in [-0.2, -0.15) is 0 Å². The summed E-state index contributed by atoms with van der Waals surface area (Å²) < 4.78 is 37.9. The Labute approximate surface area is 179 Å². The highest BCUT2D eigenvalue weighted by atomic mass is 31.2. The van der Waals surface area contributed by atoms with E-state index in [1.807, 2.05) is 0 Å². The van der Waals surface area contributed by atoms with Crippen molar-refractivity contribution < 1.29 is 37.2 Å². The third-order valence-corrected chi connectivity index (χ3v) is 4.90. The molecule has 1 amide bonds. The van der Waals surface area contributed by atoms with E-state index in [0.29, 0.717) is 6.42 Å². The number of phosphoric ester groups is 1. The van der Waals surface area contributed by atoms with Gasteiger partial charge in [-0.25, -0.2) is 14.2 Å². The van der Waals surface area contributed by atoms with E-state index in [1.165, 1.54) is 18.2 Å². The van der Waals surface area contributed by atoms with Crippen LogP contribution >= 0.6 is 7.82 Å². The van der Waals surface area contributed by atoms with Crippen LogP contribution < -0.4 is 5.32 Å². The molecule has 0 heterocycles. The van der Waals surface area contributed by atoms with Crippen molar-refractivity contribution in [2.24, 2.45) is 0 Å². The van der Waals surface area contributed by atoms with E-state index in [2.05, 4.69) is 32.0 Å². The monoisotopic (exact) mass is 447 g/mol. The topological polar surface area (TPSA) is 109 Å². The van der Waals surface area contributed by atoms with Crippen LogP contribution in [0, 0.1) is 0 Å². The van der Waals surface area contributed by atoms with Crippen LogP contribution in [0.25, 0.3) is 0 Å². The van der Waals surface area contributed by atoms with Gasteiger partial charge in [0.1, 0.15) is 6.61 Å². The van der Waals surface area contributed by atoms with Crippen molar-refractivity contribution in [3.05, 3.63) is 38.0 Å². The number of carbonyl (C=O) groups excluding carboxylic acids is 2. The Bertz CT molecular complexity index is 565. The molecule has 0 spiro atoms. The molecule has 0 fully saturated rings. The summed E-state index contributed by atoms with van der Waals surface area (Å²) in [5, 5.41) is 2.32. The summed E-state index contributed by atoms with van der Waals surface area (Å²) in [4.78, 5) is 24.2. The Morgan fingerprint density at radius 3 is 2.07 bits per heavy atom.